The van der Waals surface area contributed by atoms with E-state index >= 15 is 0 Å². The van der Waals surface area contributed by atoms with Crippen LogP contribution in [0.5, 0.6) is 11.8 Å². The summed E-state index contributed by atoms with van der Waals surface area (Å²) in [6, 6.07) is 0. The van der Waals surface area contributed by atoms with Gasteiger partial charge < -0.3 is 14.9 Å². The molecule has 0 saturated carbocycles. The molecular formula is C16H17F6NO6S. The minimum absolute atomic E-state index is 0.0515. The first-order chi connectivity index (χ1) is 13.3. The lowest BCUT2D eigenvalue weighted by molar-refractivity contribution is -0.375. The van der Waals surface area contributed by atoms with E-state index in [-0.39, 0.29) is 11.1 Å². The molecule has 1 aromatic rings. The molecule has 3 rings (SSSR count). The number of nitrogens with zero attached hydrogens (tertiary/aromatic N) is 1. The molecule has 2 bridgehead atoms. The lowest BCUT2D eigenvalue weighted by Gasteiger charge is -2.36. The van der Waals surface area contributed by atoms with Gasteiger partial charge >= 0.3 is 27.4 Å². The Hall–Kier alpha value is -2.09. The summed E-state index contributed by atoms with van der Waals surface area (Å²) in [5, 5.41) is 13.9. The summed E-state index contributed by atoms with van der Waals surface area (Å²) in [6.45, 7) is 2.55. The van der Waals surface area contributed by atoms with Crippen molar-refractivity contribution < 1.29 is 54.0 Å². The van der Waals surface area contributed by atoms with Crippen molar-refractivity contribution in [3.05, 3.63) is 23.3 Å². The van der Waals surface area contributed by atoms with Crippen LogP contribution in [-0.2, 0) is 14.9 Å². The molecule has 3 atom stereocenters. The Morgan fingerprint density at radius 1 is 0.967 bits per heavy atom. The molecule has 0 radical (unpaired) electrons. The van der Waals surface area contributed by atoms with Crippen LogP contribution >= 0.6 is 0 Å². The van der Waals surface area contributed by atoms with E-state index in [9.17, 15) is 45.0 Å². The molecule has 170 valence electrons. The largest absolute Gasteiger partial charge is 0.492 e. The molecule has 30 heavy (non-hydrogen) atoms. The first-order valence-corrected chi connectivity index (χ1v) is 9.88. The maximum Gasteiger partial charge on any atom is 0.450 e. The Morgan fingerprint density at radius 2 is 1.40 bits per heavy atom. The topological polar surface area (TPSA) is 98.0 Å². The molecule has 2 N–H and O–H groups in total. The number of ether oxygens (including phenoxy) is 1. The van der Waals surface area contributed by atoms with E-state index < -0.39 is 61.3 Å². The van der Waals surface area contributed by atoms with Crippen LogP contribution in [0.3, 0.4) is 0 Å². The summed E-state index contributed by atoms with van der Waals surface area (Å²) in [5.41, 5.74) is -2.19. The van der Waals surface area contributed by atoms with E-state index in [1.807, 2.05) is 0 Å². The summed E-state index contributed by atoms with van der Waals surface area (Å²) in [6.07, 6.45) is -9.10. The Kier molecular flexibility index (Phi) is 4.68. The van der Waals surface area contributed by atoms with Crippen molar-refractivity contribution in [1.29, 1.82) is 0 Å². The minimum Gasteiger partial charge on any atom is -0.492 e. The number of rotatable bonds is 5. The molecule has 2 aliphatic rings. The summed E-state index contributed by atoms with van der Waals surface area (Å²) in [7, 11) is -6.95. The zero-order chi connectivity index (χ0) is 23.1. The Labute approximate surface area is 166 Å². The van der Waals surface area contributed by atoms with Gasteiger partial charge in [-0.3, -0.25) is 4.28 Å². The van der Waals surface area contributed by atoms with Gasteiger partial charge in [0, 0.05) is 23.0 Å². The number of aromatic hydroxyl groups is 2. The van der Waals surface area contributed by atoms with Crippen molar-refractivity contribution in [2.24, 2.45) is 0 Å². The second-order valence-corrected chi connectivity index (χ2v) is 9.58. The fourth-order valence-corrected chi connectivity index (χ4v) is 4.60. The van der Waals surface area contributed by atoms with Crippen LogP contribution in [0.2, 0.25) is 0 Å². The quantitative estimate of drug-likeness (QED) is 0.511. The van der Waals surface area contributed by atoms with E-state index in [2.05, 4.69) is 9.02 Å². The Bertz CT molecular complexity index is 973. The number of fused-ring (bicyclic) bond motifs is 5. The average Bonchev–Trinajstić information content (AvgIpc) is 3.20. The second-order valence-electron chi connectivity index (χ2n) is 7.96. The number of alkyl halides is 6. The molecule has 0 fully saturated rings. The van der Waals surface area contributed by atoms with Crippen LogP contribution in [0.4, 0.5) is 26.3 Å². The van der Waals surface area contributed by atoms with Gasteiger partial charge in [-0.05, 0) is 27.2 Å². The summed E-state index contributed by atoms with van der Waals surface area (Å²) < 4.78 is 115. The second kappa shape index (κ2) is 6.22. The summed E-state index contributed by atoms with van der Waals surface area (Å²) in [5.74, 6) is -3.31. The standard InChI is InChI=1S/C16H17F6NO6S/c1-13(2,3)28-16(21,22)14(17,15(18,19)20)30(26,27)29-23-11(24)9-7-4-5-8(6-7)10(9)12(23)25/h4-5,7-8,24-25H,6H2,1-3H3. The highest BCUT2D eigenvalue weighted by molar-refractivity contribution is 7.88. The van der Waals surface area contributed by atoms with Gasteiger partial charge in [-0.1, -0.05) is 16.9 Å². The highest BCUT2D eigenvalue weighted by atomic mass is 32.2. The third-order valence-corrected chi connectivity index (χ3v) is 6.18. The lowest BCUT2D eigenvalue weighted by Crippen LogP contribution is -2.64. The Morgan fingerprint density at radius 3 is 1.77 bits per heavy atom. The molecule has 0 aromatic carbocycles. The molecule has 1 aromatic heterocycles. The van der Waals surface area contributed by atoms with Crippen LogP contribution < -0.4 is 4.28 Å². The third kappa shape index (κ3) is 3.02. The molecule has 0 spiro atoms. The van der Waals surface area contributed by atoms with Crippen molar-refractivity contribution in [3.8, 4) is 11.8 Å². The number of hydrogen-bond donors (Lipinski definition) is 2. The van der Waals surface area contributed by atoms with Crippen LogP contribution in [0.25, 0.3) is 0 Å². The van der Waals surface area contributed by atoms with E-state index in [0.29, 0.717) is 6.42 Å². The van der Waals surface area contributed by atoms with Crippen LogP contribution in [-0.4, -0.2) is 46.2 Å². The van der Waals surface area contributed by atoms with E-state index in [0.717, 1.165) is 20.8 Å². The number of aromatic nitrogens is 1. The van der Waals surface area contributed by atoms with E-state index in [1.54, 1.807) is 12.2 Å². The third-order valence-electron chi connectivity index (χ3n) is 4.67. The van der Waals surface area contributed by atoms with Crippen LogP contribution in [0.15, 0.2) is 12.2 Å². The SMILES string of the molecule is CC(C)(C)OC(F)(F)C(F)(C(F)(F)F)S(=O)(=O)On1c(O)c2c(c1O)C1C=CC2C1. The van der Waals surface area contributed by atoms with Gasteiger partial charge in [0.05, 0.1) is 5.60 Å². The van der Waals surface area contributed by atoms with Crippen LogP contribution in [0, 0.1) is 0 Å². The van der Waals surface area contributed by atoms with Gasteiger partial charge in [-0.15, -0.1) is 0 Å². The Balaban J connectivity index is 2.09. The molecule has 3 unspecified atom stereocenters. The van der Waals surface area contributed by atoms with Gasteiger partial charge in [-0.2, -0.15) is 30.4 Å². The molecule has 0 amide bonds. The smallest absolute Gasteiger partial charge is 0.450 e. The van der Waals surface area contributed by atoms with Gasteiger partial charge in [0.25, 0.3) is 0 Å². The summed E-state index contributed by atoms with van der Waals surface area (Å²) >= 11 is 0. The van der Waals surface area contributed by atoms with Crippen molar-refractivity contribution in [3.63, 3.8) is 0 Å². The van der Waals surface area contributed by atoms with Crippen molar-refractivity contribution in [1.82, 2.24) is 4.73 Å². The van der Waals surface area contributed by atoms with Crippen molar-refractivity contribution in [2.75, 3.05) is 0 Å². The fourth-order valence-electron chi connectivity index (χ4n) is 3.54. The van der Waals surface area contributed by atoms with Gasteiger partial charge in [0.2, 0.25) is 11.8 Å². The number of hydrogen-bond acceptors (Lipinski definition) is 6. The molecule has 1 heterocycles. The zero-order valence-electron chi connectivity index (χ0n) is 15.7. The predicted octanol–water partition coefficient (Wildman–Crippen LogP) is 3.43. The van der Waals surface area contributed by atoms with Gasteiger partial charge in [0.1, 0.15) is 0 Å². The first-order valence-electron chi connectivity index (χ1n) is 8.47. The van der Waals surface area contributed by atoms with Crippen molar-refractivity contribution in [2.45, 2.75) is 61.9 Å². The number of halogens is 6. The summed E-state index contributed by atoms with van der Waals surface area (Å²) in [4.78, 5) is 0. The van der Waals surface area contributed by atoms with E-state index in [1.165, 1.54) is 0 Å². The monoisotopic (exact) mass is 465 g/mol. The number of allylic oxidation sites excluding steroid dienone is 2. The molecule has 14 heteroatoms. The minimum atomic E-state index is -6.95. The molecule has 2 aliphatic carbocycles. The first kappa shape index (κ1) is 22.6. The van der Waals surface area contributed by atoms with E-state index in [4.69, 9.17) is 0 Å². The predicted molar refractivity (Wildman–Crippen MR) is 88.2 cm³/mol. The normalized spacial score (nSPS) is 23.5. The highest BCUT2D eigenvalue weighted by Gasteiger charge is 2.83. The van der Waals surface area contributed by atoms with Crippen molar-refractivity contribution >= 4 is 10.1 Å². The lowest BCUT2D eigenvalue weighted by atomic mass is 10.0. The maximum atomic E-state index is 14.8. The van der Waals surface area contributed by atoms with Gasteiger partial charge in [0.15, 0.2) is 0 Å². The molecule has 7 nitrogen and oxygen atoms in total. The van der Waals surface area contributed by atoms with Crippen LogP contribution in [0.1, 0.15) is 50.2 Å². The highest BCUT2D eigenvalue weighted by Crippen LogP contribution is 2.57. The molecule has 0 saturated heterocycles. The fraction of sp³-hybridized carbons (Fsp3) is 0.625. The molecular weight excluding hydrogens is 448 g/mol. The van der Waals surface area contributed by atoms with Gasteiger partial charge in [-0.25, -0.2) is 4.39 Å². The maximum absolute atomic E-state index is 14.8. The average molecular weight is 465 g/mol. The molecule has 0 aliphatic heterocycles. The zero-order valence-corrected chi connectivity index (χ0v) is 16.5.